The summed E-state index contributed by atoms with van der Waals surface area (Å²) in [7, 11) is 1.70. The fourth-order valence-corrected chi connectivity index (χ4v) is 3.77. The van der Waals surface area contributed by atoms with Crippen LogP contribution in [0, 0.1) is 0 Å². The minimum absolute atomic E-state index is 0.0146. The van der Waals surface area contributed by atoms with Crippen LogP contribution in [-0.4, -0.2) is 57.1 Å². The van der Waals surface area contributed by atoms with E-state index >= 15 is 0 Å². The van der Waals surface area contributed by atoms with Crippen molar-refractivity contribution < 1.29 is 9.53 Å². The third-order valence-electron chi connectivity index (χ3n) is 5.09. The largest absolute Gasteiger partial charge is 0.383 e. The van der Waals surface area contributed by atoms with Crippen molar-refractivity contribution in [3.05, 3.63) is 54.4 Å². The lowest BCUT2D eigenvalue weighted by Crippen LogP contribution is -2.40. The first kappa shape index (κ1) is 17.6. The Morgan fingerprint density at radius 1 is 1.22 bits per heavy atom. The number of para-hydroxylation sites is 1. The van der Waals surface area contributed by atoms with Gasteiger partial charge in [0.2, 0.25) is 0 Å². The molecule has 0 unspecified atom stereocenters. The van der Waals surface area contributed by atoms with Crippen molar-refractivity contribution in [2.75, 3.05) is 26.8 Å². The molecule has 1 aliphatic heterocycles. The van der Waals surface area contributed by atoms with E-state index in [-0.39, 0.29) is 11.8 Å². The molecule has 2 aromatic heterocycles. The predicted molar refractivity (Wildman–Crippen MR) is 102 cm³/mol. The number of ether oxygens (including phenoxy) is 1. The molecule has 0 saturated carbocycles. The van der Waals surface area contributed by atoms with E-state index in [1.807, 2.05) is 35.5 Å². The maximum absolute atomic E-state index is 13.2. The molecule has 140 valence electrons. The third kappa shape index (κ3) is 3.55. The second-order valence-corrected chi connectivity index (χ2v) is 6.79. The highest BCUT2D eigenvalue weighted by Gasteiger charge is 2.28. The molecule has 7 heteroatoms. The Morgan fingerprint density at radius 3 is 3.00 bits per heavy atom. The van der Waals surface area contributed by atoms with Crippen LogP contribution < -0.4 is 0 Å². The van der Waals surface area contributed by atoms with Crippen LogP contribution in [0.2, 0.25) is 0 Å². The van der Waals surface area contributed by atoms with Gasteiger partial charge in [-0.15, -0.1) is 0 Å². The lowest BCUT2D eigenvalue weighted by atomic mass is 9.96. The normalized spacial score (nSPS) is 17.4. The molecule has 1 saturated heterocycles. The fraction of sp³-hybridized carbons (Fsp3) is 0.400. The first-order chi connectivity index (χ1) is 13.3. The first-order valence-corrected chi connectivity index (χ1v) is 9.27. The number of likely N-dealkylation sites (tertiary alicyclic amines) is 1. The molecule has 1 atom stereocenters. The number of hydrogen-bond donors (Lipinski definition) is 0. The number of benzene rings is 1. The molecule has 0 radical (unpaired) electrons. The average Bonchev–Trinajstić information content (AvgIpc) is 3.20. The molecule has 3 heterocycles. The van der Waals surface area contributed by atoms with E-state index in [9.17, 15) is 4.79 Å². The summed E-state index contributed by atoms with van der Waals surface area (Å²) < 4.78 is 7.32. The number of amides is 1. The van der Waals surface area contributed by atoms with Crippen LogP contribution in [0.3, 0.4) is 0 Å². The van der Waals surface area contributed by atoms with Crippen molar-refractivity contribution in [2.45, 2.75) is 25.3 Å². The summed E-state index contributed by atoms with van der Waals surface area (Å²) in [5.74, 6) is 1.28. The van der Waals surface area contributed by atoms with E-state index in [1.54, 1.807) is 19.5 Å². The molecule has 1 amide bonds. The van der Waals surface area contributed by atoms with Gasteiger partial charge in [-0.25, -0.2) is 4.98 Å². The number of fused-ring (bicyclic) bond motifs is 1. The molecule has 0 aliphatic carbocycles. The topological polar surface area (TPSA) is 73.1 Å². The summed E-state index contributed by atoms with van der Waals surface area (Å²) in [5, 5.41) is 0. The van der Waals surface area contributed by atoms with Crippen LogP contribution in [0.4, 0.5) is 0 Å². The Bertz CT molecular complexity index is 934. The summed E-state index contributed by atoms with van der Waals surface area (Å²) in [6.07, 6.45) is 9.08. The molecule has 3 aromatic rings. The van der Waals surface area contributed by atoms with E-state index in [4.69, 9.17) is 4.74 Å². The molecule has 7 nitrogen and oxygen atoms in total. The number of nitrogens with zero attached hydrogens (tertiary/aromatic N) is 5. The van der Waals surface area contributed by atoms with Crippen LogP contribution in [0.1, 0.15) is 34.9 Å². The highest BCUT2D eigenvalue weighted by atomic mass is 16.5. The van der Waals surface area contributed by atoms with E-state index in [0.717, 1.165) is 37.3 Å². The van der Waals surface area contributed by atoms with Crippen molar-refractivity contribution in [1.82, 2.24) is 24.4 Å². The fourth-order valence-electron chi connectivity index (χ4n) is 3.77. The van der Waals surface area contributed by atoms with Gasteiger partial charge in [-0.1, -0.05) is 6.07 Å². The molecule has 0 spiro atoms. The Morgan fingerprint density at radius 2 is 2.11 bits per heavy atom. The van der Waals surface area contributed by atoms with Gasteiger partial charge in [-0.2, -0.15) is 0 Å². The maximum Gasteiger partial charge on any atom is 0.256 e. The van der Waals surface area contributed by atoms with Gasteiger partial charge in [-0.05, 0) is 25.0 Å². The molecule has 27 heavy (non-hydrogen) atoms. The summed E-state index contributed by atoms with van der Waals surface area (Å²) in [6.45, 7) is 2.84. The number of imidazole rings is 1. The summed E-state index contributed by atoms with van der Waals surface area (Å²) in [5.41, 5.74) is 2.02. The number of methoxy groups -OCH3 is 1. The van der Waals surface area contributed by atoms with E-state index < -0.39 is 0 Å². The number of hydrogen-bond acceptors (Lipinski definition) is 5. The van der Waals surface area contributed by atoms with E-state index in [2.05, 4.69) is 19.5 Å². The lowest BCUT2D eigenvalue weighted by Gasteiger charge is -2.33. The van der Waals surface area contributed by atoms with Crippen LogP contribution in [0.15, 0.2) is 43.0 Å². The number of piperidine rings is 1. The van der Waals surface area contributed by atoms with Crippen LogP contribution in [0.5, 0.6) is 0 Å². The van der Waals surface area contributed by atoms with Crippen molar-refractivity contribution in [3.63, 3.8) is 0 Å². The lowest BCUT2D eigenvalue weighted by molar-refractivity contribution is 0.0704. The monoisotopic (exact) mass is 365 g/mol. The zero-order chi connectivity index (χ0) is 18.6. The van der Waals surface area contributed by atoms with Gasteiger partial charge < -0.3 is 14.2 Å². The average molecular weight is 365 g/mol. The van der Waals surface area contributed by atoms with Gasteiger partial charge >= 0.3 is 0 Å². The summed E-state index contributed by atoms with van der Waals surface area (Å²) in [4.78, 5) is 28.4. The molecule has 1 fully saturated rings. The molecular formula is C20H23N5O2. The van der Waals surface area contributed by atoms with Gasteiger partial charge in [0.05, 0.1) is 17.7 Å². The molecule has 4 rings (SSSR count). The zero-order valence-corrected chi connectivity index (χ0v) is 15.4. The Hall–Kier alpha value is -2.80. The van der Waals surface area contributed by atoms with Crippen LogP contribution >= 0.6 is 0 Å². The summed E-state index contributed by atoms with van der Waals surface area (Å²) >= 11 is 0. The van der Waals surface area contributed by atoms with Gasteiger partial charge in [-0.3, -0.25) is 14.8 Å². The SMILES string of the molecule is COCCn1ccnc1[C@H]1CCCN(C(=O)c2cccc3nccnc23)C1. The standard InChI is InChI=1S/C20H23N5O2/c1-27-13-12-24-11-9-23-19(24)15-4-3-10-25(14-15)20(26)16-5-2-6-17-18(16)22-8-7-21-17/h2,5-9,11,15H,3-4,10,12-14H2,1H3/t15-/m0/s1. The van der Waals surface area contributed by atoms with Gasteiger partial charge in [0.25, 0.3) is 5.91 Å². The van der Waals surface area contributed by atoms with Crippen LogP contribution in [-0.2, 0) is 11.3 Å². The number of carbonyl (C=O) groups is 1. The quantitative estimate of drug-likeness (QED) is 0.695. The summed E-state index contributed by atoms with van der Waals surface area (Å²) in [6, 6.07) is 5.58. The van der Waals surface area contributed by atoms with E-state index in [1.165, 1.54) is 0 Å². The van der Waals surface area contributed by atoms with Crippen molar-refractivity contribution in [2.24, 2.45) is 0 Å². The highest BCUT2D eigenvalue weighted by Crippen LogP contribution is 2.27. The Labute approximate surface area is 158 Å². The van der Waals surface area contributed by atoms with Crippen molar-refractivity contribution >= 4 is 16.9 Å². The first-order valence-electron chi connectivity index (χ1n) is 9.27. The number of rotatable bonds is 5. The minimum atomic E-state index is 0.0146. The van der Waals surface area contributed by atoms with Crippen LogP contribution in [0.25, 0.3) is 11.0 Å². The predicted octanol–water partition coefficient (Wildman–Crippen LogP) is 2.49. The van der Waals surface area contributed by atoms with Gasteiger partial charge in [0, 0.05) is 57.4 Å². The molecule has 1 aromatic carbocycles. The van der Waals surface area contributed by atoms with Crippen molar-refractivity contribution in [1.29, 1.82) is 0 Å². The molecule has 0 bridgehead atoms. The zero-order valence-electron chi connectivity index (χ0n) is 15.4. The van der Waals surface area contributed by atoms with E-state index in [0.29, 0.717) is 24.2 Å². The Kier molecular flexibility index (Phi) is 5.11. The second kappa shape index (κ2) is 7.84. The number of aromatic nitrogens is 4. The maximum atomic E-state index is 13.2. The second-order valence-electron chi connectivity index (χ2n) is 6.79. The van der Waals surface area contributed by atoms with Crippen molar-refractivity contribution in [3.8, 4) is 0 Å². The van der Waals surface area contributed by atoms with Gasteiger partial charge in [0.15, 0.2) is 0 Å². The molecule has 0 N–H and O–H groups in total. The molecular weight excluding hydrogens is 342 g/mol. The molecule has 1 aliphatic rings. The number of carbonyl (C=O) groups excluding carboxylic acids is 1. The highest BCUT2D eigenvalue weighted by molar-refractivity contribution is 6.04. The smallest absolute Gasteiger partial charge is 0.256 e. The minimum Gasteiger partial charge on any atom is -0.383 e. The Balaban J connectivity index is 1.56. The van der Waals surface area contributed by atoms with Gasteiger partial charge in [0.1, 0.15) is 11.3 Å². The third-order valence-corrected chi connectivity index (χ3v) is 5.09.